The molecule has 0 aliphatic heterocycles. The molecule has 3 nitrogen and oxygen atoms in total. The quantitative estimate of drug-likeness (QED) is 0.889. The summed E-state index contributed by atoms with van der Waals surface area (Å²) in [6.07, 6.45) is 0. The molecule has 1 N–H and O–H groups in total. The molecule has 0 fully saturated rings. The second-order valence-electron chi connectivity index (χ2n) is 3.49. The normalized spacial score (nSPS) is 10.4. The molecular formula is C12H13NO2S. The second-order valence-corrected chi connectivity index (χ2v) is 4.11. The Hall–Kier alpha value is -1.39. The Morgan fingerprint density at radius 3 is 2.88 bits per heavy atom. The van der Waals surface area contributed by atoms with Crippen LogP contribution in [-0.2, 0) is 6.61 Å². The van der Waals surface area contributed by atoms with Gasteiger partial charge in [-0.1, -0.05) is 18.2 Å². The Bertz CT molecular complexity index is 494. The Labute approximate surface area is 98.5 Å². The summed E-state index contributed by atoms with van der Waals surface area (Å²) in [5.74, 6) is 0.642. The molecule has 2 aromatic rings. The van der Waals surface area contributed by atoms with Crippen LogP contribution in [0.2, 0.25) is 0 Å². The van der Waals surface area contributed by atoms with E-state index < -0.39 is 0 Å². The summed E-state index contributed by atoms with van der Waals surface area (Å²) in [5.41, 5.74) is 4.06. The van der Waals surface area contributed by atoms with E-state index in [1.165, 1.54) is 11.5 Å². The molecule has 0 aliphatic carbocycles. The van der Waals surface area contributed by atoms with Crippen LogP contribution in [0.1, 0.15) is 11.1 Å². The largest absolute Gasteiger partial charge is 0.480 e. The number of rotatable bonds is 3. The van der Waals surface area contributed by atoms with E-state index >= 15 is 0 Å². The lowest BCUT2D eigenvalue weighted by Crippen LogP contribution is -1.93. The lowest BCUT2D eigenvalue weighted by Gasteiger charge is -2.09. The van der Waals surface area contributed by atoms with Crippen LogP contribution in [0.25, 0.3) is 11.1 Å². The number of aliphatic hydroxyl groups is 1. The van der Waals surface area contributed by atoms with Crippen molar-refractivity contribution in [1.82, 2.24) is 4.37 Å². The maximum Gasteiger partial charge on any atom is 0.232 e. The van der Waals surface area contributed by atoms with E-state index in [1.54, 1.807) is 7.11 Å². The Balaban J connectivity index is 2.56. The van der Waals surface area contributed by atoms with Gasteiger partial charge in [0.05, 0.1) is 19.3 Å². The molecule has 4 heteroatoms. The van der Waals surface area contributed by atoms with Crippen molar-refractivity contribution < 1.29 is 9.84 Å². The molecule has 2 rings (SSSR count). The highest BCUT2D eigenvalue weighted by Gasteiger charge is 2.12. The number of methoxy groups -OCH3 is 1. The molecule has 0 atom stereocenters. The van der Waals surface area contributed by atoms with Crippen molar-refractivity contribution in [2.75, 3.05) is 7.11 Å². The van der Waals surface area contributed by atoms with Gasteiger partial charge in [-0.3, -0.25) is 0 Å². The first-order valence-corrected chi connectivity index (χ1v) is 5.79. The van der Waals surface area contributed by atoms with Crippen LogP contribution in [-0.4, -0.2) is 16.6 Å². The molecule has 16 heavy (non-hydrogen) atoms. The van der Waals surface area contributed by atoms with Crippen molar-refractivity contribution >= 4 is 11.5 Å². The van der Waals surface area contributed by atoms with Crippen LogP contribution in [0.3, 0.4) is 0 Å². The Morgan fingerprint density at radius 1 is 1.38 bits per heavy atom. The molecule has 1 heterocycles. The average Bonchev–Trinajstić information content (AvgIpc) is 2.77. The fourth-order valence-corrected chi connectivity index (χ4v) is 2.35. The number of hydrogen-bond acceptors (Lipinski definition) is 4. The van der Waals surface area contributed by atoms with Gasteiger partial charge in [0.2, 0.25) is 5.88 Å². The van der Waals surface area contributed by atoms with Gasteiger partial charge in [-0.2, -0.15) is 4.37 Å². The molecule has 0 saturated heterocycles. The van der Waals surface area contributed by atoms with Crippen LogP contribution in [0.15, 0.2) is 23.6 Å². The summed E-state index contributed by atoms with van der Waals surface area (Å²) in [5, 5.41) is 11.2. The van der Waals surface area contributed by atoms with Crippen LogP contribution >= 0.6 is 11.5 Å². The molecule has 0 amide bonds. The molecule has 0 spiro atoms. The van der Waals surface area contributed by atoms with E-state index in [1.807, 2.05) is 30.5 Å². The smallest absolute Gasteiger partial charge is 0.232 e. The van der Waals surface area contributed by atoms with Gasteiger partial charge in [-0.05, 0) is 35.1 Å². The van der Waals surface area contributed by atoms with E-state index in [4.69, 9.17) is 4.74 Å². The van der Waals surface area contributed by atoms with Crippen LogP contribution < -0.4 is 4.74 Å². The predicted octanol–water partition coefficient (Wildman–Crippen LogP) is 2.62. The van der Waals surface area contributed by atoms with Crippen molar-refractivity contribution in [3.63, 3.8) is 0 Å². The van der Waals surface area contributed by atoms with Crippen molar-refractivity contribution in [2.45, 2.75) is 13.5 Å². The number of aliphatic hydroxyl groups excluding tert-OH is 1. The van der Waals surface area contributed by atoms with Gasteiger partial charge in [0, 0.05) is 5.38 Å². The number of ether oxygens (including phenoxy) is 1. The molecule has 1 aromatic carbocycles. The van der Waals surface area contributed by atoms with Gasteiger partial charge < -0.3 is 9.84 Å². The van der Waals surface area contributed by atoms with Crippen molar-refractivity contribution in [3.05, 3.63) is 34.7 Å². The fourth-order valence-electron chi connectivity index (χ4n) is 1.70. The standard InChI is InChI=1S/C12H13NO2S/c1-8-9(6-14)4-3-5-10(8)11-7-16-13-12(11)15-2/h3-5,7,14H,6H2,1-2H3. The number of nitrogens with zero attached hydrogens (tertiary/aromatic N) is 1. The summed E-state index contributed by atoms with van der Waals surface area (Å²) in [6, 6.07) is 5.87. The first kappa shape index (κ1) is 11.1. The second kappa shape index (κ2) is 4.63. The summed E-state index contributed by atoms with van der Waals surface area (Å²) >= 11 is 1.37. The van der Waals surface area contributed by atoms with Gasteiger partial charge in [0.15, 0.2) is 0 Å². The van der Waals surface area contributed by atoms with E-state index in [0.717, 1.165) is 22.3 Å². The summed E-state index contributed by atoms with van der Waals surface area (Å²) in [7, 11) is 1.61. The SMILES string of the molecule is COc1nscc1-c1cccc(CO)c1C. The Kier molecular flexibility index (Phi) is 3.22. The molecule has 0 aliphatic rings. The van der Waals surface area contributed by atoms with Crippen LogP contribution in [0, 0.1) is 6.92 Å². The highest BCUT2D eigenvalue weighted by molar-refractivity contribution is 7.04. The Morgan fingerprint density at radius 2 is 2.19 bits per heavy atom. The van der Waals surface area contributed by atoms with Gasteiger partial charge in [0.25, 0.3) is 0 Å². The third-order valence-electron chi connectivity index (χ3n) is 2.64. The average molecular weight is 235 g/mol. The molecule has 0 unspecified atom stereocenters. The minimum absolute atomic E-state index is 0.0551. The third kappa shape index (κ3) is 1.81. The zero-order chi connectivity index (χ0) is 11.5. The topological polar surface area (TPSA) is 42.4 Å². The molecular weight excluding hydrogens is 222 g/mol. The summed E-state index contributed by atoms with van der Waals surface area (Å²) in [6.45, 7) is 2.05. The van der Waals surface area contributed by atoms with Crippen LogP contribution in [0.4, 0.5) is 0 Å². The highest BCUT2D eigenvalue weighted by Crippen LogP contribution is 2.33. The first-order chi connectivity index (χ1) is 7.77. The summed E-state index contributed by atoms with van der Waals surface area (Å²) < 4.78 is 9.37. The maximum atomic E-state index is 9.22. The molecule has 0 bridgehead atoms. The minimum Gasteiger partial charge on any atom is -0.480 e. The zero-order valence-electron chi connectivity index (χ0n) is 9.23. The number of benzene rings is 1. The number of hydrogen-bond donors (Lipinski definition) is 1. The molecule has 0 saturated carbocycles. The lowest BCUT2D eigenvalue weighted by atomic mass is 9.99. The van der Waals surface area contributed by atoms with Gasteiger partial charge in [-0.25, -0.2) is 0 Å². The van der Waals surface area contributed by atoms with Gasteiger partial charge in [0.1, 0.15) is 0 Å². The molecule has 84 valence electrons. The lowest BCUT2D eigenvalue weighted by molar-refractivity contribution is 0.281. The van der Waals surface area contributed by atoms with E-state index in [9.17, 15) is 5.11 Å². The van der Waals surface area contributed by atoms with Crippen molar-refractivity contribution in [2.24, 2.45) is 0 Å². The predicted molar refractivity (Wildman–Crippen MR) is 64.8 cm³/mol. The molecule has 1 aromatic heterocycles. The maximum absolute atomic E-state index is 9.22. The van der Waals surface area contributed by atoms with Crippen molar-refractivity contribution in [3.8, 4) is 17.0 Å². The fraction of sp³-hybridized carbons (Fsp3) is 0.250. The first-order valence-electron chi connectivity index (χ1n) is 4.96. The van der Waals surface area contributed by atoms with Gasteiger partial charge in [-0.15, -0.1) is 0 Å². The molecule has 0 radical (unpaired) electrons. The summed E-state index contributed by atoms with van der Waals surface area (Å²) in [4.78, 5) is 0. The van der Waals surface area contributed by atoms with E-state index in [0.29, 0.717) is 5.88 Å². The van der Waals surface area contributed by atoms with Crippen molar-refractivity contribution in [1.29, 1.82) is 0 Å². The highest BCUT2D eigenvalue weighted by atomic mass is 32.1. The zero-order valence-corrected chi connectivity index (χ0v) is 10.0. The monoisotopic (exact) mass is 235 g/mol. The van der Waals surface area contributed by atoms with Gasteiger partial charge >= 0.3 is 0 Å². The third-order valence-corrected chi connectivity index (χ3v) is 3.25. The van der Waals surface area contributed by atoms with E-state index in [-0.39, 0.29) is 6.61 Å². The van der Waals surface area contributed by atoms with E-state index in [2.05, 4.69) is 4.37 Å². The van der Waals surface area contributed by atoms with Crippen LogP contribution in [0.5, 0.6) is 5.88 Å². The minimum atomic E-state index is 0.0551. The number of aromatic nitrogens is 1.